The number of amides is 1. The second kappa shape index (κ2) is 8.00. The summed E-state index contributed by atoms with van der Waals surface area (Å²) in [5.41, 5.74) is 7.11. The van der Waals surface area contributed by atoms with Gasteiger partial charge in [-0.2, -0.15) is 0 Å². The minimum atomic E-state index is 0.0235. The summed E-state index contributed by atoms with van der Waals surface area (Å²) in [7, 11) is 1.72. The maximum atomic E-state index is 11.9. The van der Waals surface area contributed by atoms with Crippen LogP contribution in [0.2, 0.25) is 0 Å². The summed E-state index contributed by atoms with van der Waals surface area (Å²) >= 11 is 0. The molecule has 116 valence electrons. The van der Waals surface area contributed by atoms with Crippen molar-refractivity contribution in [3.63, 3.8) is 0 Å². The van der Waals surface area contributed by atoms with E-state index in [9.17, 15) is 4.79 Å². The van der Waals surface area contributed by atoms with Gasteiger partial charge in [-0.15, -0.1) is 0 Å². The van der Waals surface area contributed by atoms with Crippen molar-refractivity contribution in [2.45, 2.75) is 31.7 Å². The van der Waals surface area contributed by atoms with Crippen molar-refractivity contribution in [3.8, 4) is 0 Å². The minimum Gasteiger partial charge on any atom is -0.397 e. The Kier molecular flexibility index (Phi) is 6.02. The molecule has 1 aromatic rings. The highest BCUT2D eigenvalue weighted by atomic mass is 16.5. The van der Waals surface area contributed by atoms with Gasteiger partial charge in [0.25, 0.3) is 0 Å². The molecular formula is C16H25N3O2. The number of hydrogen-bond acceptors (Lipinski definition) is 4. The molecule has 0 unspecified atom stereocenters. The standard InChI is InChI=1S/C16H25N3O2/c1-21-12-11-19(13-8-9-13)10-4-7-16(20)18-15-6-3-2-5-14(15)17/h2-3,5-6,13H,4,7-12,17H2,1H3,(H,18,20). The van der Waals surface area contributed by atoms with E-state index in [-0.39, 0.29) is 5.91 Å². The number of nitrogens with two attached hydrogens (primary N) is 1. The number of anilines is 2. The molecule has 0 aliphatic heterocycles. The first-order chi connectivity index (χ1) is 10.2. The third kappa shape index (κ3) is 5.36. The van der Waals surface area contributed by atoms with Crippen molar-refractivity contribution in [2.75, 3.05) is 37.9 Å². The molecule has 5 heteroatoms. The van der Waals surface area contributed by atoms with Crippen molar-refractivity contribution >= 4 is 17.3 Å². The summed E-state index contributed by atoms with van der Waals surface area (Å²) in [6.45, 7) is 2.66. The quantitative estimate of drug-likeness (QED) is 0.684. The van der Waals surface area contributed by atoms with E-state index in [1.807, 2.05) is 18.2 Å². The average Bonchev–Trinajstić information content (AvgIpc) is 3.30. The van der Waals surface area contributed by atoms with Crippen LogP contribution in [0.1, 0.15) is 25.7 Å². The molecule has 21 heavy (non-hydrogen) atoms. The summed E-state index contributed by atoms with van der Waals surface area (Å²) in [5.74, 6) is 0.0235. The number of carbonyl (C=O) groups is 1. The molecule has 0 atom stereocenters. The van der Waals surface area contributed by atoms with E-state index in [4.69, 9.17) is 10.5 Å². The van der Waals surface area contributed by atoms with Crippen LogP contribution in [0.15, 0.2) is 24.3 Å². The Morgan fingerprint density at radius 2 is 2.14 bits per heavy atom. The van der Waals surface area contributed by atoms with Gasteiger partial charge in [0.05, 0.1) is 18.0 Å². The van der Waals surface area contributed by atoms with Crippen LogP contribution >= 0.6 is 0 Å². The van der Waals surface area contributed by atoms with Gasteiger partial charge in [-0.25, -0.2) is 0 Å². The number of nitrogens with one attached hydrogen (secondary N) is 1. The highest BCUT2D eigenvalue weighted by molar-refractivity contribution is 5.93. The zero-order chi connectivity index (χ0) is 15.1. The molecule has 1 aliphatic rings. The van der Waals surface area contributed by atoms with Crippen LogP contribution in [0.3, 0.4) is 0 Å². The number of hydrogen-bond donors (Lipinski definition) is 2. The molecule has 1 aromatic carbocycles. The van der Waals surface area contributed by atoms with Crippen molar-refractivity contribution in [1.29, 1.82) is 0 Å². The Morgan fingerprint density at radius 1 is 1.38 bits per heavy atom. The molecule has 0 heterocycles. The second-order valence-corrected chi connectivity index (χ2v) is 5.50. The van der Waals surface area contributed by atoms with Gasteiger partial charge in [0.2, 0.25) is 5.91 Å². The Bertz CT molecular complexity index is 461. The van der Waals surface area contributed by atoms with Crippen LogP contribution in [-0.4, -0.2) is 43.7 Å². The fraction of sp³-hybridized carbons (Fsp3) is 0.562. The van der Waals surface area contributed by atoms with Crippen molar-refractivity contribution in [2.24, 2.45) is 0 Å². The predicted octanol–water partition coefficient (Wildman–Crippen LogP) is 2.10. The first kappa shape index (κ1) is 15.8. The van der Waals surface area contributed by atoms with Crippen LogP contribution in [0.5, 0.6) is 0 Å². The fourth-order valence-corrected chi connectivity index (χ4v) is 2.39. The van der Waals surface area contributed by atoms with E-state index in [1.54, 1.807) is 13.2 Å². The topological polar surface area (TPSA) is 67.6 Å². The van der Waals surface area contributed by atoms with Crippen LogP contribution in [-0.2, 0) is 9.53 Å². The Hall–Kier alpha value is -1.59. The van der Waals surface area contributed by atoms with Gasteiger partial charge in [-0.3, -0.25) is 9.69 Å². The molecule has 1 aliphatic carbocycles. The Balaban J connectivity index is 1.69. The maximum absolute atomic E-state index is 11.9. The molecule has 0 saturated heterocycles. The van der Waals surface area contributed by atoms with E-state index in [0.29, 0.717) is 23.8 Å². The zero-order valence-electron chi connectivity index (χ0n) is 12.7. The van der Waals surface area contributed by atoms with Gasteiger partial charge >= 0.3 is 0 Å². The fourth-order valence-electron chi connectivity index (χ4n) is 2.39. The lowest BCUT2D eigenvalue weighted by Gasteiger charge is -2.21. The molecule has 1 amide bonds. The minimum absolute atomic E-state index is 0.0235. The molecule has 0 spiro atoms. The summed E-state index contributed by atoms with van der Waals surface area (Å²) in [4.78, 5) is 14.4. The van der Waals surface area contributed by atoms with Gasteiger partial charge < -0.3 is 15.8 Å². The average molecular weight is 291 g/mol. The second-order valence-electron chi connectivity index (χ2n) is 5.50. The monoisotopic (exact) mass is 291 g/mol. The van der Waals surface area contributed by atoms with Crippen LogP contribution in [0, 0.1) is 0 Å². The van der Waals surface area contributed by atoms with E-state index in [1.165, 1.54) is 12.8 Å². The van der Waals surface area contributed by atoms with E-state index >= 15 is 0 Å². The zero-order valence-corrected chi connectivity index (χ0v) is 12.7. The van der Waals surface area contributed by atoms with Gasteiger partial charge in [-0.05, 0) is 37.9 Å². The number of carbonyl (C=O) groups excluding carboxylic acids is 1. The van der Waals surface area contributed by atoms with Crippen molar-refractivity contribution < 1.29 is 9.53 Å². The van der Waals surface area contributed by atoms with Crippen molar-refractivity contribution in [3.05, 3.63) is 24.3 Å². The number of methoxy groups -OCH3 is 1. The Labute approximate surface area is 126 Å². The summed E-state index contributed by atoms with van der Waals surface area (Å²) in [6, 6.07) is 8.03. The lowest BCUT2D eigenvalue weighted by atomic mass is 10.2. The third-order valence-corrected chi connectivity index (χ3v) is 3.73. The number of para-hydroxylation sites is 2. The van der Waals surface area contributed by atoms with E-state index in [2.05, 4.69) is 10.2 Å². The summed E-state index contributed by atoms with van der Waals surface area (Å²) in [6.07, 6.45) is 3.93. The number of benzene rings is 1. The maximum Gasteiger partial charge on any atom is 0.224 e. The number of nitrogen functional groups attached to an aromatic ring is 1. The highest BCUT2D eigenvalue weighted by Gasteiger charge is 2.28. The van der Waals surface area contributed by atoms with Crippen LogP contribution in [0.4, 0.5) is 11.4 Å². The molecule has 1 fully saturated rings. The largest absolute Gasteiger partial charge is 0.397 e. The number of ether oxygens (including phenoxy) is 1. The molecule has 3 N–H and O–H groups in total. The highest BCUT2D eigenvalue weighted by Crippen LogP contribution is 2.26. The summed E-state index contributed by atoms with van der Waals surface area (Å²) in [5, 5.41) is 2.86. The smallest absolute Gasteiger partial charge is 0.224 e. The molecule has 1 saturated carbocycles. The number of rotatable bonds is 9. The molecular weight excluding hydrogens is 266 g/mol. The lowest BCUT2D eigenvalue weighted by molar-refractivity contribution is -0.116. The third-order valence-electron chi connectivity index (χ3n) is 3.73. The Morgan fingerprint density at radius 3 is 2.81 bits per heavy atom. The van der Waals surface area contributed by atoms with Gasteiger partial charge in [0, 0.05) is 26.1 Å². The van der Waals surface area contributed by atoms with E-state index < -0.39 is 0 Å². The van der Waals surface area contributed by atoms with Gasteiger partial charge in [-0.1, -0.05) is 12.1 Å². The molecule has 0 radical (unpaired) electrons. The summed E-state index contributed by atoms with van der Waals surface area (Å²) < 4.78 is 5.14. The molecule has 5 nitrogen and oxygen atoms in total. The number of nitrogens with zero attached hydrogens (tertiary/aromatic N) is 1. The first-order valence-corrected chi connectivity index (χ1v) is 7.58. The SMILES string of the molecule is COCCN(CCCC(=O)Nc1ccccc1N)C1CC1. The molecule has 0 bridgehead atoms. The molecule has 0 aromatic heterocycles. The normalized spacial score (nSPS) is 14.4. The van der Waals surface area contributed by atoms with Crippen LogP contribution in [0.25, 0.3) is 0 Å². The van der Waals surface area contributed by atoms with Crippen molar-refractivity contribution in [1.82, 2.24) is 4.90 Å². The first-order valence-electron chi connectivity index (χ1n) is 7.58. The molecule has 2 rings (SSSR count). The lowest BCUT2D eigenvalue weighted by Crippen LogP contribution is -2.31. The van der Waals surface area contributed by atoms with Gasteiger partial charge in [0.15, 0.2) is 0 Å². The van der Waals surface area contributed by atoms with Crippen LogP contribution < -0.4 is 11.1 Å². The van der Waals surface area contributed by atoms with Gasteiger partial charge in [0.1, 0.15) is 0 Å². The van der Waals surface area contributed by atoms with E-state index in [0.717, 1.165) is 26.1 Å². The predicted molar refractivity (Wildman–Crippen MR) is 85.2 cm³/mol.